The molecule has 0 spiro atoms. The molecule has 5 nitrogen and oxygen atoms in total. The highest BCUT2D eigenvalue weighted by molar-refractivity contribution is 5.96. The molecule has 1 aromatic heterocycles. The van der Waals surface area contributed by atoms with Crippen LogP contribution in [0.1, 0.15) is 34.3 Å². The number of nitrogens with zero attached hydrogens (tertiary/aromatic N) is 2. The van der Waals surface area contributed by atoms with Crippen LogP contribution in [0, 0.1) is 19.7 Å². The predicted molar refractivity (Wildman–Crippen MR) is 113 cm³/mol. The highest BCUT2D eigenvalue weighted by atomic mass is 19.1. The molecule has 1 saturated heterocycles. The van der Waals surface area contributed by atoms with Crippen LogP contribution in [0.3, 0.4) is 0 Å². The van der Waals surface area contributed by atoms with Crippen molar-refractivity contribution in [2.45, 2.75) is 32.7 Å². The van der Waals surface area contributed by atoms with Crippen molar-refractivity contribution < 1.29 is 9.18 Å². The summed E-state index contributed by atoms with van der Waals surface area (Å²) in [6, 6.07) is 14.3. The Morgan fingerprint density at radius 2 is 1.97 bits per heavy atom. The van der Waals surface area contributed by atoms with Gasteiger partial charge in [-0.3, -0.25) is 9.89 Å². The van der Waals surface area contributed by atoms with Crippen molar-refractivity contribution in [2.24, 2.45) is 0 Å². The highest BCUT2D eigenvalue weighted by Crippen LogP contribution is 2.24. The van der Waals surface area contributed by atoms with E-state index in [1.54, 1.807) is 12.1 Å². The van der Waals surface area contributed by atoms with Gasteiger partial charge >= 0.3 is 0 Å². The Hall–Kier alpha value is -3.15. The standard InChI is InChI=1S/C23H25FN4O/c1-15-5-6-16(2)20(12-15)23(29)25-19-4-3-11-28(14-19)22-13-21(26-27-22)17-7-9-18(24)10-8-17/h5-10,12-13,19H,3-4,11,14H2,1-2H3,(H,25,29)(H,26,27)/t19-/m0/s1. The molecular weight excluding hydrogens is 367 g/mol. The number of carbonyl (C=O) groups excluding carboxylic acids is 1. The van der Waals surface area contributed by atoms with Crippen LogP contribution in [-0.2, 0) is 0 Å². The Bertz CT molecular complexity index is 1010. The van der Waals surface area contributed by atoms with Gasteiger partial charge in [-0.25, -0.2) is 4.39 Å². The summed E-state index contributed by atoms with van der Waals surface area (Å²) in [4.78, 5) is 14.9. The van der Waals surface area contributed by atoms with E-state index >= 15 is 0 Å². The van der Waals surface area contributed by atoms with Crippen molar-refractivity contribution in [3.8, 4) is 11.3 Å². The molecule has 0 radical (unpaired) electrons. The number of nitrogens with one attached hydrogen (secondary N) is 2. The number of halogens is 1. The number of carbonyl (C=O) groups is 1. The summed E-state index contributed by atoms with van der Waals surface area (Å²) in [6.07, 6.45) is 1.93. The smallest absolute Gasteiger partial charge is 0.251 e. The van der Waals surface area contributed by atoms with Crippen molar-refractivity contribution in [2.75, 3.05) is 18.0 Å². The number of H-pyrrole nitrogens is 1. The van der Waals surface area contributed by atoms with Crippen LogP contribution in [0.25, 0.3) is 11.3 Å². The van der Waals surface area contributed by atoms with Gasteiger partial charge in [0.25, 0.3) is 5.91 Å². The van der Waals surface area contributed by atoms with Crippen LogP contribution in [0.4, 0.5) is 10.2 Å². The largest absolute Gasteiger partial charge is 0.353 e. The van der Waals surface area contributed by atoms with E-state index in [-0.39, 0.29) is 17.8 Å². The summed E-state index contributed by atoms with van der Waals surface area (Å²) >= 11 is 0. The number of hydrogen-bond donors (Lipinski definition) is 2. The van der Waals surface area contributed by atoms with Crippen LogP contribution in [0.5, 0.6) is 0 Å². The lowest BCUT2D eigenvalue weighted by molar-refractivity contribution is 0.0932. The third kappa shape index (κ3) is 4.31. The van der Waals surface area contributed by atoms with Crippen LogP contribution in [0.2, 0.25) is 0 Å². The van der Waals surface area contributed by atoms with Crippen molar-refractivity contribution in [3.63, 3.8) is 0 Å². The van der Waals surface area contributed by atoms with Crippen LogP contribution < -0.4 is 10.2 Å². The average molecular weight is 392 g/mol. The Labute approximate surface area is 169 Å². The van der Waals surface area contributed by atoms with Gasteiger partial charge in [-0.15, -0.1) is 0 Å². The van der Waals surface area contributed by atoms with E-state index in [9.17, 15) is 9.18 Å². The van der Waals surface area contributed by atoms with E-state index < -0.39 is 0 Å². The maximum absolute atomic E-state index is 13.1. The molecule has 0 saturated carbocycles. The first-order valence-electron chi connectivity index (χ1n) is 9.94. The van der Waals surface area contributed by atoms with Crippen LogP contribution in [0.15, 0.2) is 48.5 Å². The topological polar surface area (TPSA) is 61.0 Å². The summed E-state index contributed by atoms with van der Waals surface area (Å²) in [5, 5.41) is 10.7. The Morgan fingerprint density at radius 3 is 2.76 bits per heavy atom. The molecule has 1 amide bonds. The fraction of sp³-hybridized carbons (Fsp3) is 0.304. The number of anilines is 1. The number of aromatic nitrogens is 2. The van der Waals surface area contributed by atoms with E-state index in [0.29, 0.717) is 6.54 Å². The maximum atomic E-state index is 13.1. The lowest BCUT2D eigenvalue weighted by Gasteiger charge is -2.33. The Morgan fingerprint density at radius 1 is 1.17 bits per heavy atom. The Balaban J connectivity index is 1.44. The zero-order valence-corrected chi connectivity index (χ0v) is 16.7. The van der Waals surface area contributed by atoms with E-state index in [4.69, 9.17) is 0 Å². The molecule has 1 aliphatic rings. The highest BCUT2D eigenvalue weighted by Gasteiger charge is 2.24. The molecule has 0 aliphatic carbocycles. The number of hydrogen-bond acceptors (Lipinski definition) is 3. The van der Waals surface area contributed by atoms with E-state index in [0.717, 1.165) is 53.2 Å². The number of aromatic amines is 1. The first-order chi connectivity index (χ1) is 14.0. The molecular formula is C23H25FN4O. The van der Waals surface area contributed by atoms with Crippen molar-refractivity contribution in [1.82, 2.24) is 15.5 Å². The molecule has 2 heterocycles. The molecule has 29 heavy (non-hydrogen) atoms. The van der Waals surface area contributed by atoms with E-state index in [2.05, 4.69) is 20.4 Å². The monoisotopic (exact) mass is 392 g/mol. The summed E-state index contributed by atoms with van der Waals surface area (Å²) in [7, 11) is 0. The minimum atomic E-state index is -0.257. The number of amides is 1. The van der Waals surface area contributed by atoms with E-state index in [1.165, 1.54) is 12.1 Å². The van der Waals surface area contributed by atoms with Gasteiger partial charge in [-0.1, -0.05) is 17.7 Å². The first kappa shape index (κ1) is 19.2. The average Bonchev–Trinajstić information content (AvgIpc) is 3.21. The molecule has 2 N–H and O–H groups in total. The van der Waals surface area contributed by atoms with Gasteiger partial charge in [-0.2, -0.15) is 5.10 Å². The second kappa shape index (κ2) is 8.07. The molecule has 1 atom stereocenters. The second-order valence-corrected chi connectivity index (χ2v) is 7.72. The quantitative estimate of drug-likeness (QED) is 0.698. The maximum Gasteiger partial charge on any atom is 0.251 e. The van der Waals surface area contributed by atoms with Crippen LogP contribution >= 0.6 is 0 Å². The molecule has 2 aromatic carbocycles. The predicted octanol–water partition coefficient (Wildman–Crippen LogP) is 4.23. The molecule has 0 bridgehead atoms. The van der Waals surface area contributed by atoms with Crippen molar-refractivity contribution >= 4 is 11.7 Å². The van der Waals surface area contributed by atoms with Gasteiger partial charge in [-0.05, 0) is 68.1 Å². The van der Waals surface area contributed by atoms with Gasteiger partial charge in [0.2, 0.25) is 0 Å². The normalized spacial score (nSPS) is 16.7. The van der Waals surface area contributed by atoms with Gasteiger partial charge < -0.3 is 10.2 Å². The lowest BCUT2D eigenvalue weighted by atomic mass is 10.0. The number of rotatable bonds is 4. The van der Waals surface area contributed by atoms with E-state index in [1.807, 2.05) is 38.1 Å². The van der Waals surface area contributed by atoms with Crippen LogP contribution in [-0.4, -0.2) is 35.2 Å². The number of benzene rings is 2. The number of piperidine rings is 1. The molecule has 6 heteroatoms. The molecule has 1 aliphatic heterocycles. The molecule has 150 valence electrons. The first-order valence-corrected chi connectivity index (χ1v) is 9.94. The third-order valence-electron chi connectivity index (χ3n) is 5.44. The Kier molecular flexibility index (Phi) is 5.34. The third-order valence-corrected chi connectivity index (χ3v) is 5.44. The summed E-state index contributed by atoms with van der Waals surface area (Å²) in [6.45, 7) is 5.56. The minimum Gasteiger partial charge on any atom is -0.353 e. The van der Waals surface area contributed by atoms with Gasteiger partial charge in [0.05, 0.1) is 5.69 Å². The summed E-state index contributed by atoms with van der Waals surface area (Å²) in [5.41, 5.74) is 4.54. The zero-order chi connectivity index (χ0) is 20.4. The van der Waals surface area contributed by atoms with Gasteiger partial charge in [0, 0.05) is 30.8 Å². The van der Waals surface area contributed by atoms with Crippen molar-refractivity contribution in [3.05, 3.63) is 71.0 Å². The fourth-order valence-electron chi connectivity index (χ4n) is 3.80. The summed E-state index contributed by atoms with van der Waals surface area (Å²) < 4.78 is 13.1. The molecule has 3 aromatic rings. The number of aryl methyl sites for hydroxylation is 2. The van der Waals surface area contributed by atoms with Gasteiger partial charge in [0.1, 0.15) is 5.82 Å². The van der Waals surface area contributed by atoms with Crippen molar-refractivity contribution in [1.29, 1.82) is 0 Å². The minimum absolute atomic E-state index is 0.0212. The lowest BCUT2D eigenvalue weighted by Crippen LogP contribution is -2.48. The molecule has 4 rings (SSSR count). The SMILES string of the molecule is Cc1ccc(C)c(C(=O)N[C@H]2CCCN(c3cc(-c4ccc(F)cc4)[nH]n3)C2)c1. The zero-order valence-electron chi connectivity index (χ0n) is 16.7. The molecule has 1 fully saturated rings. The molecule has 0 unspecified atom stereocenters. The van der Waals surface area contributed by atoms with Gasteiger partial charge in [0.15, 0.2) is 5.82 Å². The summed E-state index contributed by atoms with van der Waals surface area (Å²) in [5.74, 6) is 0.564. The fourth-order valence-corrected chi connectivity index (χ4v) is 3.80. The second-order valence-electron chi connectivity index (χ2n) is 7.72.